The summed E-state index contributed by atoms with van der Waals surface area (Å²) in [5, 5.41) is 3.52. The van der Waals surface area contributed by atoms with E-state index >= 15 is 0 Å². The molecule has 2 heterocycles. The molecule has 1 aromatic carbocycles. The van der Waals surface area contributed by atoms with Crippen LogP contribution in [0, 0.1) is 23.2 Å². The van der Waals surface area contributed by atoms with Gasteiger partial charge in [0.05, 0.1) is 20.2 Å². The van der Waals surface area contributed by atoms with E-state index in [2.05, 4.69) is 42.1 Å². The number of aromatic nitrogens is 1. The zero-order valence-corrected chi connectivity index (χ0v) is 18.8. The fourth-order valence-corrected chi connectivity index (χ4v) is 6.57. The Morgan fingerprint density at radius 1 is 1.39 bits per heavy atom. The van der Waals surface area contributed by atoms with E-state index in [-0.39, 0.29) is 23.4 Å². The van der Waals surface area contributed by atoms with E-state index in [1.54, 1.807) is 7.11 Å². The Bertz CT molecular complexity index is 996. The number of carbonyl (C=O) groups is 1. The van der Waals surface area contributed by atoms with Gasteiger partial charge < -0.3 is 19.8 Å². The molecule has 0 spiro atoms. The number of carbonyl (C=O) groups excluding carboxylic acids is 1. The van der Waals surface area contributed by atoms with E-state index in [0.717, 1.165) is 50.0 Å². The van der Waals surface area contributed by atoms with Gasteiger partial charge in [-0.1, -0.05) is 19.1 Å². The number of fused-ring (bicyclic) bond motifs is 3. The fourth-order valence-electron chi connectivity index (χ4n) is 6.57. The first-order chi connectivity index (χ1) is 15.0. The van der Waals surface area contributed by atoms with Crippen molar-refractivity contribution in [3.8, 4) is 5.75 Å². The van der Waals surface area contributed by atoms with E-state index in [1.807, 2.05) is 6.07 Å². The molecule has 3 N–H and O–H groups in total. The van der Waals surface area contributed by atoms with Crippen LogP contribution in [0.4, 0.5) is 0 Å². The van der Waals surface area contributed by atoms with Gasteiger partial charge in [0, 0.05) is 29.4 Å². The highest BCUT2D eigenvalue weighted by atomic mass is 16.6. The van der Waals surface area contributed by atoms with Crippen LogP contribution in [0.25, 0.3) is 10.9 Å². The molecule has 2 saturated carbocycles. The van der Waals surface area contributed by atoms with Crippen molar-refractivity contribution in [3.05, 3.63) is 42.1 Å². The van der Waals surface area contributed by atoms with Crippen LogP contribution in [0.15, 0.2) is 36.5 Å². The van der Waals surface area contributed by atoms with Crippen molar-refractivity contribution in [3.63, 3.8) is 0 Å². The summed E-state index contributed by atoms with van der Waals surface area (Å²) in [6.07, 6.45) is 8.87. The largest absolute Gasteiger partial charge is 0.497 e. The van der Waals surface area contributed by atoms with Crippen LogP contribution < -0.4 is 10.1 Å². The van der Waals surface area contributed by atoms with Crippen LogP contribution in [0.2, 0.25) is 0 Å². The van der Waals surface area contributed by atoms with Crippen molar-refractivity contribution in [2.75, 3.05) is 20.2 Å². The van der Waals surface area contributed by atoms with Gasteiger partial charge in [-0.05, 0) is 67.2 Å². The number of esters is 1. The summed E-state index contributed by atoms with van der Waals surface area (Å²) in [5.41, 5.74) is 4.11. The Morgan fingerprint density at radius 2 is 2.26 bits per heavy atom. The molecular weight excluding hydrogens is 388 g/mol. The van der Waals surface area contributed by atoms with Crippen LogP contribution in [-0.2, 0) is 16.0 Å². The smallest absolute Gasteiger partial charge is 0.315 e. The molecule has 1 aromatic heterocycles. The van der Waals surface area contributed by atoms with Crippen molar-refractivity contribution in [2.24, 2.45) is 23.2 Å². The van der Waals surface area contributed by atoms with E-state index in [0.29, 0.717) is 11.8 Å². The molecular formula is C26H35N2O3+. The number of hydrogen-bond acceptors (Lipinski definition) is 3. The number of H-pyrrole nitrogens is 1. The number of nitrogens with one attached hydrogen (secondary N) is 1. The van der Waals surface area contributed by atoms with Crippen molar-refractivity contribution in [1.29, 1.82) is 0 Å². The first kappa shape index (κ1) is 20.6. The third-order valence-corrected chi connectivity index (χ3v) is 8.33. The Kier molecular flexibility index (Phi) is 5.33. The predicted octanol–water partition coefficient (Wildman–Crippen LogP) is 3.60. The molecule has 2 aliphatic carbocycles. The second kappa shape index (κ2) is 8.01. The lowest BCUT2D eigenvalue weighted by Gasteiger charge is -2.49. The highest BCUT2D eigenvalue weighted by Crippen LogP contribution is 2.56. The number of benzene rings is 1. The maximum atomic E-state index is 12.7. The summed E-state index contributed by atoms with van der Waals surface area (Å²) in [7, 11) is 1.70. The third-order valence-electron chi connectivity index (χ3n) is 8.33. The average Bonchev–Trinajstić information content (AvgIpc) is 3.29. The molecule has 5 rings (SSSR count). The maximum Gasteiger partial charge on any atom is 0.315 e. The molecule has 3 fully saturated rings. The number of quaternary nitrogens is 1. The number of ether oxygens (including phenoxy) is 2. The van der Waals surface area contributed by atoms with Gasteiger partial charge in [0.1, 0.15) is 17.8 Å². The standard InChI is InChI=1S/C26H34N2O3/c1-16-5-4-9-26(2)13-24-20(12-22(16)26)21(25(29)31-24)15-27-10-8-17-14-28-23-7-6-18(30-3)11-19(17)23/h6-7,11,14,20-22,24,27-28H,1,4-5,8-10,12-13,15H2,2-3H3/p+1/t20-,21-,22+,24+,26-/m0/s1. The number of nitrogens with two attached hydrogens (primary N) is 1. The van der Waals surface area contributed by atoms with Gasteiger partial charge in [0.15, 0.2) is 0 Å². The molecule has 0 unspecified atom stereocenters. The molecule has 3 aliphatic rings. The highest BCUT2D eigenvalue weighted by Gasteiger charge is 2.55. The summed E-state index contributed by atoms with van der Waals surface area (Å²) in [6, 6.07) is 6.13. The molecule has 0 radical (unpaired) electrons. The van der Waals surface area contributed by atoms with Gasteiger partial charge in [0.2, 0.25) is 0 Å². The quantitative estimate of drug-likeness (QED) is 0.424. The van der Waals surface area contributed by atoms with Crippen molar-refractivity contribution in [2.45, 2.75) is 51.6 Å². The average molecular weight is 424 g/mol. The second-order valence-corrected chi connectivity index (χ2v) is 10.2. The van der Waals surface area contributed by atoms with Gasteiger partial charge in [-0.3, -0.25) is 4.79 Å². The minimum absolute atomic E-state index is 0.0207. The predicted molar refractivity (Wildman–Crippen MR) is 121 cm³/mol. The van der Waals surface area contributed by atoms with Crippen LogP contribution in [0.1, 0.15) is 44.6 Å². The second-order valence-electron chi connectivity index (χ2n) is 10.2. The van der Waals surface area contributed by atoms with E-state index in [1.165, 1.54) is 29.4 Å². The van der Waals surface area contributed by atoms with Crippen LogP contribution in [0.3, 0.4) is 0 Å². The maximum absolute atomic E-state index is 12.7. The Labute approximate surface area is 184 Å². The lowest BCUT2D eigenvalue weighted by molar-refractivity contribution is -0.658. The van der Waals surface area contributed by atoms with Gasteiger partial charge in [-0.15, -0.1) is 0 Å². The Balaban J connectivity index is 1.20. The number of aromatic amines is 1. The molecule has 2 aromatic rings. The third kappa shape index (κ3) is 3.67. The van der Waals surface area contributed by atoms with Crippen LogP contribution in [-0.4, -0.2) is 37.3 Å². The molecule has 1 aliphatic heterocycles. The molecule has 31 heavy (non-hydrogen) atoms. The molecule has 5 heteroatoms. The van der Waals surface area contributed by atoms with Gasteiger partial charge in [-0.25, -0.2) is 0 Å². The zero-order chi connectivity index (χ0) is 21.6. The molecule has 5 nitrogen and oxygen atoms in total. The summed E-state index contributed by atoms with van der Waals surface area (Å²) < 4.78 is 11.3. The lowest BCUT2D eigenvalue weighted by atomic mass is 9.55. The normalized spacial score (nSPS) is 32.6. The first-order valence-electron chi connectivity index (χ1n) is 11.8. The molecule has 0 bridgehead atoms. The first-order valence-corrected chi connectivity index (χ1v) is 11.8. The molecule has 5 atom stereocenters. The fraction of sp³-hybridized carbons (Fsp3) is 0.577. The summed E-state index contributed by atoms with van der Waals surface area (Å²) in [4.78, 5) is 16.1. The Hall–Kier alpha value is -2.27. The van der Waals surface area contributed by atoms with Gasteiger partial charge in [-0.2, -0.15) is 0 Å². The topological polar surface area (TPSA) is 67.9 Å². The van der Waals surface area contributed by atoms with Crippen molar-refractivity contribution < 1.29 is 19.6 Å². The minimum atomic E-state index is 0.0207. The van der Waals surface area contributed by atoms with Crippen molar-refractivity contribution in [1.82, 2.24) is 4.98 Å². The zero-order valence-electron chi connectivity index (χ0n) is 18.8. The summed E-state index contributed by atoms with van der Waals surface area (Å²) in [6.45, 7) is 8.57. The summed E-state index contributed by atoms with van der Waals surface area (Å²) >= 11 is 0. The van der Waals surface area contributed by atoms with E-state index in [4.69, 9.17) is 9.47 Å². The minimum Gasteiger partial charge on any atom is -0.497 e. The number of hydrogen-bond donors (Lipinski definition) is 2. The monoisotopic (exact) mass is 423 g/mol. The van der Waals surface area contributed by atoms with Gasteiger partial charge >= 0.3 is 5.97 Å². The summed E-state index contributed by atoms with van der Waals surface area (Å²) in [5.74, 6) is 1.84. The van der Waals surface area contributed by atoms with Crippen LogP contribution >= 0.6 is 0 Å². The number of rotatable bonds is 6. The van der Waals surface area contributed by atoms with E-state index < -0.39 is 0 Å². The van der Waals surface area contributed by atoms with Gasteiger partial charge in [0.25, 0.3) is 0 Å². The van der Waals surface area contributed by atoms with Crippen molar-refractivity contribution >= 4 is 16.9 Å². The molecule has 1 saturated heterocycles. The highest BCUT2D eigenvalue weighted by molar-refractivity contribution is 5.84. The Morgan fingerprint density at radius 3 is 3.10 bits per heavy atom. The SMILES string of the molecule is C=C1CCC[C@@]2(C)C[C@H]3OC(=O)[C@@H](C[NH2+]CCc4c[nH]c5ccc(OC)cc45)[C@@H]3C[C@H]12. The molecule has 166 valence electrons. The van der Waals surface area contributed by atoms with E-state index in [9.17, 15) is 4.79 Å². The lowest BCUT2D eigenvalue weighted by Crippen LogP contribution is -2.86. The van der Waals surface area contributed by atoms with Crippen LogP contribution in [0.5, 0.6) is 5.75 Å². The molecule has 0 amide bonds. The number of methoxy groups -OCH3 is 1. The number of allylic oxidation sites excluding steroid dienone is 1.